The van der Waals surface area contributed by atoms with Crippen molar-refractivity contribution in [2.24, 2.45) is 0 Å². The van der Waals surface area contributed by atoms with Crippen LogP contribution in [0.3, 0.4) is 0 Å². The van der Waals surface area contributed by atoms with Gasteiger partial charge in [0.05, 0.1) is 0 Å². The van der Waals surface area contributed by atoms with Gasteiger partial charge in [0.15, 0.2) is 0 Å². The predicted octanol–water partition coefficient (Wildman–Crippen LogP) is 12.7. The molecule has 4 N–H and O–H groups in total. The normalized spacial score (nSPS) is 10.6. The zero-order valence-corrected chi connectivity index (χ0v) is 32.5. The van der Waals surface area contributed by atoms with Gasteiger partial charge >= 0.3 is 0 Å². The average Bonchev–Trinajstić information content (AvgIpc) is 3.25. The lowest BCUT2D eigenvalue weighted by molar-refractivity contribution is 1.13. The van der Waals surface area contributed by atoms with Crippen LogP contribution in [0.15, 0.2) is 194 Å². The molecule has 0 amide bonds. The molecule has 8 rings (SSSR count). The van der Waals surface area contributed by atoms with Crippen LogP contribution in [-0.2, 0) is 0 Å². The van der Waals surface area contributed by atoms with Gasteiger partial charge in [0.25, 0.3) is 0 Å². The van der Waals surface area contributed by atoms with Gasteiger partial charge in [-0.15, -0.1) is 0 Å². The van der Waals surface area contributed by atoms with Gasteiger partial charge in [-0.25, -0.2) is 0 Å². The van der Waals surface area contributed by atoms with E-state index < -0.39 is 0 Å². The van der Waals surface area contributed by atoms with Gasteiger partial charge in [0, 0.05) is 50.9 Å². The molecule has 0 unspecified atom stereocenters. The SMILES string of the molecule is CN(C)c1ccc(-c2ccc(N(C)C)cc2-c2ccccc2)c(-c2ccccc2)c1.Nc1ccc(-c2ccc(N)cc2-c2ccccc2)c(-c2ccccc2)c1. The molecule has 8 aromatic carbocycles. The first-order chi connectivity index (χ1) is 27.3. The molecule has 0 radical (unpaired) electrons. The van der Waals surface area contributed by atoms with Gasteiger partial charge in [-0.05, 0) is 115 Å². The minimum atomic E-state index is 0.754. The largest absolute Gasteiger partial charge is 0.399 e. The summed E-state index contributed by atoms with van der Waals surface area (Å²) in [5, 5.41) is 0. The fourth-order valence-electron chi connectivity index (χ4n) is 7.11. The molecule has 4 heteroatoms. The first kappa shape index (κ1) is 37.3. The average molecular weight is 729 g/mol. The molecule has 0 heterocycles. The van der Waals surface area contributed by atoms with Crippen molar-refractivity contribution in [1.82, 2.24) is 0 Å². The van der Waals surface area contributed by atoms with Crippen molar-refractivity contribution in [3.05, 3.63) is 194 Å². The van der Waals surface area contributed by atoms with E-state index in [0.29, 0.717) is 0 Å². The van der Waals surface area contributed by atoms with E-state index in [1.807, 2.05) is 60.7 Å². The van der Waals surface area contributed by atoms with E-state index in [1.54, 1.807) is 0 Å². The molecule has 4 nitrogen and oxygen atoms in total. The zero-order chi connectivity index (χ0) is 39.0. The molecular formula is C52H48N4. The summed E-state index contributed by atoms with van der Waals surface area (Å²) in [5.41, 5.74) is 30.3. The maximum absolute atomic E-state index is 6.10. The van der Waals surface area contributed by atoms with E-state index in [1.165, 1.54) is 44.8 Å². The maximum atomic E-state index is 6.10. The van der Waals surface area contributed by atoms with Crippen LogP contribution in [0.4, 0.5) is 22.7 Å². The molecule has 0 fully saturated rings. The van der Waals surface area contributed by atoms with E-state index in [-0.39, 0.29) is 0 Å². The molecule has 8 aromatic rings. The molecule has 276 valence electrons. The van der Waals surface area contributed by atoms with Crippen molar-refractivity contribution in [3.63, 3.8) is 0 Å². The second-order valence-corrected chi connectivity index (χ2v) is 14.3. The Kier molecular flexibility index (Phi) is 11.3. The maximum Gasteiger partial charge on any atom is 0.0367 e. The third-order valence-electron chi connectivity index (χ3n) is 10.0. The molecule has 0 aliphatic heterocycles. The van der Waals surface area contributed by atoms with Crippen LogP contribution in [0.2, 0.25) is 0 Å². The fourth-order valence-corrected chi connectivity index (χ4v) is 7.11. The van der Waals surface area contributed by atoms with Gasteiger partial charge in [0.2, 0.25) is 0 Å². The summed E-state index contributed by atoms with van der Waals surface area (Å²) in [4.78, 5) is 4.31. The molecule has 0 atom stereocenters. The summed E-state index contributed by atoms with van der Waals surface area (Å²) in [5.74, 6) is 0. The summed E-state index contributed by atoms with van der Waals surface area (Å²) in [7, 11) is 8.35. The Morgan fingerprint density at radius 2 is 0.518 bits per heavy atom. The molecule has 0 bridgehead atoms. The molecular weight excluding hydrogens is 681 g/mol. The lowest BCUT2D eigenvalue weighted by Gasteiger charge is -2.21. The number of rotatable bonds is 8. The Hall–Kier alpha value is -7.04. The lowest BCUT2D eigenvalue weighted by Crippen LogP contribution is -2.09. The Bertz CT molecular complexity index is 2350. The van der Waals surface area contributed by atoms with Gasteiger partial charge in [0.1, 0.15) is 0 Å². The summed E-state index contributed by atoms with van der Waals surface area (Å²) in [6.45, 7) is 0. The van der Waals surface area contributed by atoms with E-state index >= 15 is 0 Å². The van der Waals surface area contributed by atoms with Crippen LogP contribution >= 0.6 is 0 Å². The topological polar surface area (TPSA) is 58.5 Å². The van der Waals surface area contributed by atoms with Crippen LogP contribution in [0.25, 0.3) is 66.8 Å². The minimum absolute atomic E-state index is 0.754. The standard InChI is InChI=1S/C28H28N2.C24H20N2/c1-29(2)23-15-17-25(27(19-23)21-11-7-5-8-12-21)26-18-16-24(30(3)4)20-28(26)22-13-9-6-10-14-22;25-19-11-13-21(23(15-19)17-7-3-1-4-8-17)22-14-12-20(26)16-24(22)18-9-5-2-6-10-18/h5-20H,1-4H3;1-16H,25-26H2. The van der Waals surface area contributed by atoms with Crippen molar-refractivity contribution < 1.29 is 0 Å². The predicted molar refractivity (Wildman–Crippen MR) is 243 cm³/mol. The van der Waals surface area contributed by atoms with Gasteiger partial charge in [-0.3, -0.25) is 0 Å². The van der Waals surface area contributed by atoms with Gasteiger partial charge < -0.3 is 21.3 Å². The van der Waals surface area contributed by atoms with Crippen LogP contribution in [0, 0.1) is 0 Å². The number of nitrogens with zero attached hydrogens (tertiary/aromatic N) is 2. The monoisotopic (exact) mass is 728 g/mol. The second kappa shape index (κ2) is 17.0. The molecule has 0 aliphatic rings. The van der Waals surface area contributed by atoms with Crippen molar-refractivity contribution >= 4 is 22.7 Å². The second-order valence-electron chi connectivity index (χ2n) is 14.3. The summed E-state index contributed by atoms with van der Waals surface area (Å²) >= 11 is 0. The third-order valence-corrected chi connectivity index (χ3v) is 10.0. The Morgan fingerprint density at radius 3 is 0.786 bits per heavy atom. The highest BCUT2D eigenvalue weighted by atomic mass is 15.1. The summed E-state index contributed by atoms with van der Waals surface area (Å²) in [6.07, 6.45) is 0. The number of anilines is 4. The zero-order valence-electron chi connectivity index (χ0n) is 32.5. The van der Waals surface area contributed by atoms with Crippen molar-refractivity contribution in [2.75, 3.05) is 49.5 Å². The quantitative estimate of drug-likeness (QED) is 0.153. The fraction of sp³-hybridized carbons (Fsp3) is 0.0769. The summed E-state index contributed by atoms with van der Waals surface area (Å²) in [6, 6.07) is 67.7. The number of nitrogen functional groups attached to an aromatic ring is 2. The van der Waals surface area contributed by atoms with Crippen molar-refractivity contribution in [3.8, 4) is 66.8 Å². The Morgan fingerprint density at radius 1 is 0.268 bits per heavy atom. The van der Waals surface area contributed by atoms with E-state index in [4.69, 9.17) is 11.5 Å². The Balaban J connectivity index is 0.000000173. The first-order valence-corrected chi connectivity index (χ1v) is 18.9. The molecule has 56 heavy (non-hydrogen) atoms. The number of nitrogens with two attached hydrogens (primary N) is 2. The molecule has 0 saturated heterocycles. The van der Waals surface area contributed by atoms with Gasteiger partial charge in [-0.2, -0.15) is 0 Å². The van der Waals surface area contributed by atoms with Crippen molar-refractivity contribution in [1.29, 1.82) is 0 Å². The van der Waals surface area contributed by atoms with Crippen LogP contribution < -0.4 is 21.3 Å². The van der Waals surface area contributed by atoms with Crippen molar-refractivity contribution in [2.45, 2.75) is 0 Å². The highest BCUT2D eigenvalue weighted by molar-refractivity contribution is 5.95. The molecule has 0 saturated carbocycles. The third kappa shape index (κ3) is 8.36. The number of hydrogen-bond donors (Lipinski definition) is 2. The molecule has 0 aliphatic carbocycles. The van der Waals surface area contributed by atoms with E-state index in [2.05, 4.69) is 171 Å². The Labute approximate surface area is 331 Å². The molecule has 0 aromatic heterocycles. The van der Waals surface area contributed by atoms with Gasteiger partial charge in [-0.1, -0.05) is 146 Å². The first-order valence-electron chi connectivity index (χ1n) is 18.9. The smallest absolute Gasteiger partial charge is 0.0367 e. The highest BCUT2D eigenvalue weighted by Crippen LogP contribution is 2.42. The van der Waals surface area contributed by atoms with Crippen LogP contribution in [-0.4, -0.2) is 28.2 Å². The van der Waals surface area contributed by atoms with Crippen LogP contribution in [0.5, 0.6) is 0 Å². The lowest BCUT2D eigenvalue weighted by atomic mass is 9.88. The summed E-state index contributed by atoms with van der Waals surface area (Å²) < 4.78 is 0. The highest BCUT2D eigenvalue weighted by Gasteiger charge is 2.16. The minimum Gasteiger partial charge on any atom is -0.399 e. The van der Waals surface area contributed by atoms with E-state index in [9.17, 15) is 0 Å². The molecule has 0 spiro atoms. The van der Waals surface area contributed by atoms with Crippen LogP contribution in [0.1, 0.15) is 0 Å². The number of benzene rings is 8. The number of hydrogen-bond acceptors (Lipinski definition) is 4. The van der Waals surface area contributed by atoms with E-state index in [0.717, 1.165) is 44.8 Å².